The summed E-state index contributed by atoms with van der Waals surface area (Å²) in [7, 11) is 0. The zero-order chi connectivity index (χ0) is 13.8. The fraction of sp³-hybridized carbons (Fsp3) is 0.231. The number of aromatic nitrogens is 2. The lowest BCUT2D eigenvalue weighted by Gasteiger charge is -2.32. The van der Waals surface area contributed by atoms with E-state index in [1.165, 1.54) is 0 Å². The predicted molar refractivity (Wildman–Crippen MR) is 71.2 cm³/mol. The van der Waals surface area contributed by atoms with Crippen LogP contribution in [-0.4, -0.2) is 15.9 Å². The van der Waals surface area contributed by atoms with Crippen LogP contribution >= 0.6 is 11.6 Å². The van der Waals surface area contributed by atoms with E-state index in [1.807, 2.05) is 13.8 Å². The fourth-order valence-corrected chi connectivity index (χ4v) is 2.46. The number of hydrogen-bond acceptors (Lipinski definition) is 3. The molecule has 3 heterocycles. The Morgan fingerprint density at radius 1 is 1.47 bits per heavy atom. The van der Waals surface area contributed by atoms with Crippen LogP contribution in [0.5, 0.6) is 5.75 Å². The van der Waals surface area contributed by atoms with Crippen molar-refractivity contribution in [2.45, 2.75) is 19.4 Å². The van der Waals surface area contributed by atoms with Crippen LogP contribution in [0.1, 0.15) is 29.9 Å². The molecule has 1 aliphatic heterocycles. The first-order valence-corrected chi connectivity index (χ1v) is 6.14. The van der Waals surface area contributed by atoms with Crippen molar-refractivity contribution >= 4 is 17.5 Å². The molecule has 0 saturated heterocycles. The summed E-state index contributed by atoms with van der Waals surface area (Å²) in [5, 5.41) is 0.364. The third-order valence-electron chi connectivity index (χ3n) is 3.20. The highest BCUT2D eigenvalue weighted by molar-refractivity contribution is 6.29. The molecule has 2 aromatic rings. The average Bonchev–Trinajstić information content (AvgIpc) is 2.76. The van der Waals surface area contributed by atoms with E-state index in [4.69, 9.17) is 22.1 Å². The van der Waals surface area contributed by atoms with Crippen LogP contribution < -0.4 is 10.5 Å². The summed E-state index contributed by atoms with van der Waals surface area (Å²) in [4.78, 5) is 18.4. The van der Waals surface area contributed by atoms with E-state index >= 15 is 0 Å². The number of aromatic amines is 1. The van der Waals surface area contributed by atoms with Gasteiger partial charge in [0.1, 0.15) is 22.2 Å². The van der Waals surface area contributed by atoms with Crippen LogP contribution in [0.3, 0.4) is 0 Å². The van der Waals surface area contributed by atoms with E-state index in [9.17, 15) is 4.79 Å². The van der Waals surface area contributed by atoms with Gasteiger partial charge >= 0.3 is 0 Å². The number of primary amides is 1. The molecule has 1 amide bonds. The van der Waals surface area contributed by atoms with E-state index < -0.39 is 11.5 Å². The second-order valence-electron chi connectivity index (χ2n) is 4.95. The van der Waals surface area contributed by atoms with Crippen molar-refractivity contribution in [1.29, 1.82) is 0 Å². The molecule has 0 bridgehead atoms. The van der Waals surface area contributed by atoms with E-state index in [1.54, 1.807) is 18.3 Å². The Kier molecular flexibility index (Phi) is 2.37. The van der Waals surface area contributed by atoms with Crippen LogP contribution in [0.4, 0.5) is 0 Å². The molecule has 0 unspecified atom stereocenters. The summed E-state index contributed by atoms with van der Waals surface area (Å²) in [6.45, 7) is 3.84. The number of ether oxygens (including phenoxy) is 1. The molecular weight excluding hydrogens is 266 g/mol. The van der Waals surface area contributed by atoms with E-state index in [0.29, 0.717) is 16.6 Å². The molecule has 5 nitrogen and oxygen atoms in total. The lowest BCUT2D eigenvalue weighted by atomic mass is 9.92. The average molecular weight is 278 g/mol. The monoisotopic (exact) mass is 277 g/mol. The first-order chi connectivity index (χ1) is 8.88. The van der Waals surface area contributed by atoms with Gasteiger partial charge in [0.2, 0.25) is 0 Å². The second-order valence-corrected chi connectivity index (χ2v) is 5.34. The van der Waals surface area contributed by atoms with E-state index in [-0.39, 0.29) is 0 Å². The quantitative estimate of drug-likeness (QED) is 0.786. The Bertz CT molecular complexity index is 691. The van der Waals surface area contributed by atoms with Crippen LogP contribution in [-0.2, 0) is 5.60 Å². The zero-order valence-electron chi connectivity index (χ0n) is 10.5. The van der Waals surface area contributed by atoms with E-state index in [2.05, 4.69) is 9.97 Å². The van der Waals surface area contributed by atoms with Crippen molar-refractivity contribution in [3.8, 4) is 17.0 Å². The molecule has 0 atom stereocenters. The van der Waals surface area contributed by atoms with Gasteiger partial charge < -0.3 is 15.5 Å². The van der Waals surface area contributed by atoms with Crippen LogP contribution in [0.15, 0.2) is 18.3 Å². The first-order valence-electron chi connectivity index (χ1n) is 5.77. The highest BCUT2D eigenvalue weighted by Gasteiger charge is 2.35. The van der Waals surface area contributed by atoms with Crippen molar-refractivity contribution in [1.82, 2.24) is 9.97 Å². The summed E-state index contributed by atoms with van der Waals surface area (Å²) in [5.74, 6) is 0.117. The maximum absolute atomic E-state index is 11.3. The van der Waals surface area contributed by atoms with Gasteiger partial charge in [0.25, 0.3) is 5.91 Å². The SMILES string of the molecule is CC1(C)Oc2cnc(Cl)cc2-c2[nH]c(C(N)=O)cc21. The van der Waals surface area contributed by atoms with Crippen molar-refractivity contribution in [3.05, 3.63) is 34.7 Å². The maximum atomic E-state index is 11.3. The van der Waals surface area contributed by atoms with Crippen LogP contribution in [0.25, 0.3) is 11.3 Å². The van der Waals surface area contributed by atoms with Gasteiger partial charge in [0, 0.05) is 11.1 Å². The molecule has 2 aromatic heterocycles. The van der Waals surface area contributed by atoms with Crippen molar-refractivity contribution in [2.75, 3.05) is 0 Å². The molecule has 6 heteroatoms. The fourth-order valence-electron chi connectivity index (χ4n) is 2.30. The first kappa shape index (κ1) is 12.0. The number of hydrogen-bond donors (Lipinski definition) is 2. The summed E-state index contributed by atoms with van der Waals surface area (Å²) >= 11 is 5.91. The van der Waals surface area contributed by atoms with Gasteiger partial charge in [-0.25, -0.2) is 4.98 Å². The maximum Gasteiger partial charge on any atom is 0.265 e. The van der Waals surface area contributed by atoms with Crippen molar-refractivity contribution < 1.29 is 9.53 Å². The number of fused-ring (bicyclic) bond motifs is 3. The minimum Gasteiger partial charge on any atom is -0.481 e. The third-order valence-corrected chi connectivity index (χ3v) is 3.41. The summed E-state index contributed by atoms with van der Waals surface area (Å²) in [6, 6.07) is 3.42. The Hall–Kier alpha value is -2.01. The lowest BCUT2D eigenvalue weighted by Crippen LogP contribution is -2.28. The van der Waals surface area contributed by atoms with Gasteiger partial charge in [-0.15, -0.1) is 0 Å². The molecule has 0 fully saturated rings. The van der Waals surface area contributed by atoms with Crippen molar-refractivity contribution in [3.63, 3.8) is 0 Å². The van der Waals surface area contributed by atoms with Gasteiger partial charge in [-0.2, -0.15) is 0 Å². The Balaban J connectivity index is 2.29. The summed E-state index contributed by atoms with van der Waals surface area (Å²) in [5.41, 5.74) is 7.54. The molecule has 0 aromatic carbocycles. The van der Waals surface area contributed by atoms with Gasteiger partial charge in [-0.3, -0.25) is 4.79 Å². The zero-order valence-corrected chi connectivity index (χ0v) is 11.2. The molecule has 0 saturated carbocycles. The molecule has 98 valence electrons. The molecule has 3 rings (SSSR count). The molecule has 0 spiro atoms. The smallest absolute Gasteiger partial charge is 0.265 e. The van der Waals surface area contributed by atoms with Gasteiger partial charge in [-0.1, -0.05) is 11.6 Å². The van der Waals surface area contributed by atoms with E-state index in [0.717, 1.165) is 16.8 Å². The largest absolute Gasteiger partial charge is 0.481 e. The lowest BCUT2D eigenvalue weighted by molar-refractivity contribution is 0.0995. The highest BCUT2D eigenvalue weighted by Crippen LogP contribution is 2.45. The number of nitrogens with two attached hydrogens (primary N) is 1. The third kappa shape index (κ3) is 1.77. The van der Waals surface area contributed by atoms with Gasteiger partial charge in [-0.05, 0) is 26.0 Å². The predicted octanol–water partition coefficient (Wildman–Crippen LogP) is 2.46. The molecule has 3 N–H and O–H groups in total. The van der Waals surface area contributed by atoms with Crippen molar-refractivity contribution in [2.24, 2.45) is 5.73 Å². The number of nitrogens with zero attached hydrogens (tertiary/aromatic N) is 1. The Morgan fingerprint density at radius 2 is 2.21 bits per heavy atom. The topological polar surface area (TPSA) is 81.0 Å². The van der Waals surface area contributed by atoms with Crippen LogP contribution in [0, 0.1) is 0 Å². The normalized spacial score (nSPS) is 15.3. The van der Waals surface area contributed by atoms with Gasteiger partial charge in [0.15, 0.2) is 0 Å². The summed E-state index contributed by atoms with van der Waals surface area (Å²) in [6.07, 6.45) is 1.58. The van der Waals surface area contributed by atoms with Crippen LogP contribution in [0.2, 0.25) is 5.15 Å². The number of nitrogens with one attached hydrogen (secondary N) is 1. The number of amides is 1. The number of carbonyl (C=O) groups is 1. The number of rotatable bonds is 1. The highest BCUT2D eigenvalue weighted by atomic mass is 35.5. The van der Waals surface area contributed by atoms with Gasteiger partial charge in [0.05, 0.1) is 11.9 Å². The second kappa shape index (κ2) is 3.74. The molecule has 19 heavy (non-hydrogen) atoms. The Labute approximate surface area is 114 Å². The Morgan fingerprint density at radius 3 is 2.89 bits per heavy atom. The minimum absolute atomic E-state index is 0.349. The molecular formula is C13H12ClN3O2. The number of H-pyrrole nitrogens is 1. The number of pyridine rings is 1. The number of halogens is 1. The number of carbonyl (C=O) groups excluding carboxylic acids is 1. The molecule has 0 radical (unpaired) electrons. The minimum atomic E-state index is -0.567. The summed E-state index contributed by atoms with van der Waals surface area (Å²) < 4.78 is 5.90. The molecule has 0 aliphatic carbocycles. The standard InChI is InChI=1S/C13H12ClN3O2/c1-13(2)7-4-8(12(15)18)17-11(7)6-3-10(14)16-5-9(6)19-13/h3-5,17H,1-2H3,(H2,15,18). The molecule has 1 aliphatic rings.